The Kier molecular flexibility index (Phi) is 5.33. The minimum Gasteiger partial charge on any atom is -0.491 e. The second-order valence-electron chi connectivity index (χ2n) is 5.10. The molecule has 2 atom stereocenters. The van der Waals surface area contributed by atoms with E-state index in [2.05, 4.69) is 12.2 Å². The Balaban J connectivity index is 1.68. The van der Waals surface area contributed by atoms with Gasteiger partial charge in [0.25, 0.3) is 0 Å². The monoisotopic (exact) mass is 267 g/mol. The fourth-order valence-corrected chi connectivity index (χ4v) is 2.78. The van der Waals surface area contributed by atoms with E-state index in [1.54, 1.807) is 0 Å². The minimum atomic E-state index is 0.661. The summed E-state index contributed by atoms with van der Waals surface area (Å²) in [7, 11) is 0. The second kappa shape index (κ2) is 7.01. The lowest BCUT2D eigenvalue weighted by atomic mass is 9.86. The average Bonchev–Trinajstić information content (AvgIpc) is 2.38. The first-order valence-corrected chi connectivity index (χ1v) is 7.26. The zero-order valence-electron chi connectivity index (χ0n) is 11.0. The Morgan fingerprint density at radius 1 is 1.28 bits per heavy atom. The van der Waals surface area contributed by atoms with Crippen molar-refractivity contribution in [1.82, 2.24) is 5.32 Å². The highest BCUT2D eigenvalue weighted by Gasteiger charge is 2.20. The summed E-state index contributed by atoms with van der Waals surface area (Å²) in [6, 6.07) is 8.28. The summed E-state index contributed by atoms with van der Waals surface area (Å²) < 4.78 is 5.67. The predicted octanol–water partition coefficient (Wildman–Crippen LogP) is 3.89. The zero-order chi connectivity index (χ0) is 12.8. The largest absolute Gasteiger partial charge is 0.491 e. The van der Waals surface area contributed by atoms with Crippen molar-refractivity contribution < 1.29 is 4.74 Å². The van der Waals surface area contributed by atoms with E-state index in [4.69, 9.17) is 16.3 Å². The normalized spacial score (nSPS) is 23.9. The average molecular weight is 268 g/mol. The van der Waals surface area contributed by atoms with Crippen LogP contribution in [0, 0.1) is 5.92 Å². The van der Waals surface area contributed by atoms with E-state index in [1.165, 1.54) is 25.7 Å². The van der Waals surface area contributed by atoms with Crippen molar-refractivity contribution in [3.05, 3.63) is 29.3 Å². The van der Waals surface area contributed by atoms with E-state index >= 15 is 0 Å². The van der Waals surface area contributed by atoms with Gasteiger partial charge in [-0.05, 0) is 30.9 Å². The molecule has 1 aliphatic carbocycles. The molecule has 2 unspecified atom stereocenters. The number of hydrogen-bond acceptors (Lipinski definition) is 2. The quantitative estimate of drug-likeness (QED) is 0.818. The first-order valence-electron chi connectivity index (χ1n) is 6.88. The zero-order valence-corrected chi connectivity index (χ0v) is 11.7. The summed E-state index contributed by atoms with van der Waals surface area (Å²) in [5, 5.41) is 4.28. The molecular formula is C15H22ClNO. The van der Waals surface area contributed by atoms with Crippen molar-refractivity contribution in [3.63, 3.8) is 0 Å². The molecule has 0 aliphatic heterocycles. The lowest BCUT2D eigenvalue weighted by Gasteiger charge is -2.29. The van der Waals surface area contributed by atoms with Crippen LogP contribution >= 0.6 is 11.6 Å². The number of para-hydroxylation sites is 1. The molecule has 1 N–H and O–H groups in total. The van der Waals surface area contributed by atoms with Gasteiger partial charge in [-0.2, -0.15) is 0 Å². The summed E-state index contributed by atoms with van der Waals surface area (Å²) >= 11 is 6.03. The van der Waals surface area contributed by atoms with Crippen LogP contribution in [-0.2, 0) is 0 Å². The van der Waals surface area contributed by atoms with Gasteiger partial charge >= 0.3 is 0 Å². The summed E-state index contributed by atoms with van der Waals surface area (Å²) in [5.74, 6) is 1.57. The van der Waals surface area contributed by atoms with Gasteiger partial charge in [-0.1, -0.05) is 43.5 Å². The summed E-state index contributed by atoms with van der Waals surface area (Å²) in [6.45, 7) is 3.90. The molecule has 0 heterocycles. The number of halogens is 1. The van der Waals surface area contributed by atoms with Crippen LogP contribution in [-0.4, -0.2) is 19.2 Å². The van der Waals surface area contributed by atoms with Crippen LogP contribution in [0.5, 0.6) is 5.75 Å². The van der Waals surface area contributed by atoms with Crippen LogP contribution < -0.4 is 10.1 Å². The van der Waals surface area contributed by atoms with Crippen LogP contribution in [0.1, 0.15) is 32.6 Å². The molecule has 0 bridgehead atoms. The Bertz CT molecular complexity index is 369. The van der Waals surface area contributed by atoms with E-state index in [9.17, 15) is 0 Å². The third-order valence-electron chi connectivity index (χ3n) is 3.71. The van der Waals surface area contributed by atoms with Gasteiger partial charge in [-0.15, -0.1) is 0 Å². The van der Waals surface area contributed by atoms with E-state index in [0.29, 0.717) is 17.7 Å². The second-order valence-corrected chi connectivity index (χ2v) is 5.51. The van der Waals surface area contributed by atoms with Crippen molar-refractivity contribution in [2.24, 2.45) is 5.92 Å². The lowest BCUT2D eigenvalue weighted by molar-refractivity contribution is 0.251. The Labute approximate surface area is 115 Å². The highest BCUT2D eigenvalue weighted by atomic mass is 35.5. The summed E-state index contributed by atoms with van der Waals surface area (Å²) in [5.41, 5.74) is 0. The maximum atomic E-state index is 6.03. The smallest absolute Gasteiger partial charge is 0.137 e. The fraction of sp³-hybridized carbons (Fsp3) is 0.600. The van der Waals surface area contributed by atoms with Crippen LogP contribution in [0.15, 0.2) is 24.3 Å². The molecular weight excluding hydrogens is 246 g/mol. The van der Waals surface area contributed by atoms with Gasteiger partial charge in [0.05, 0.1) is 5.02 Å². The summed E-state index contributed by atoms with van der Waals surface area (Å²) in [4.78, 5) is 0. The van der Waals surface area contributed by atoms with Gasteiger partial charge in [0, 0.05) is 12.6 Å². The highest BCUT2D eigenvalue weighted by Crippen LogP contribution is 2.24. The van der Waals surface area contributed by atoms with E-state index in [0.717, 1.165) is 18.2 Å². The third kappa shape index (κ3) is 3.89. The SMILES string of the molecule is CC1CCCCC1NCCOc1ccccc1Cl. The van der Waals surface area contributed by atoms with Crippen molar-refractivity contribution in [3.8, 4) is 5.75 Å². The number of nitrogens with one attached hydrogen (secondary N) is 1. The first kappa shape index (κ1) is 13.7. The van der Waals surface area contributed by atoms with E-state index in [1.807, 2.05) is 24.3 Å². The minimum absolute atomic E-state index is 0.661. The molecule has 0 aromatic heterocycles. The van der Waals surface area contributed by atoms with Crippen LogP contribution in [0.3, 0.4) is 0 Å². The van der Waals surface area contributed by atoms with Gasteiger partial charge < -0.3 is 10.1 Å². The predicted molar refractivity (Wildman–Crippen MR) is 76.4 cm³/mol. The number of ether oxygens (including phenoxy) is 1. The molecule has 1 saturated carbocycles. The Morgan fingerprint density at radius 2 is 2.06 bits per heavy atom. The van der Waals surface area contributed by atoms with Gasteiger partial charge in [0.1, 0.15) is 12.4 Å². The maximum absolute atomic E-state index is 6.03. The van der Waals surface area contributed by atoms with Crippen molar-refractivity contribution in [2.75, 3.05) is 13.2 Å². The summed E-state index contributed by atoms with van der Waals surface area (Å²) in [6.07, 6.45) is 5.39. The van der Waals surface area contributed by atoms with Crippen molar-refractivity contribution in [1.29, 1.82) is 0 Å². The molecule has 0 saturated heterocycles. The van der Waals surface area contributed by atoms with Crippen molar-refractivity contribution in [2.45, 2.75) is 38.6 Å². The van der Waals surface area contributed by atoms with Gasteiger partial charge in [0.15, 0.2) is 0 Å². The van der Waals surface area contributed by atoms with Crippen LogP contribution in [0.4, 0.5) is 0 Å². The molecule has 3 heteroatoms. The molecule has 1 aromatic rings. The molecule has 1 aliphatic rings. The van der Waals surface area contributed by atoms with Crippen LogP contribution in [0.25, 0.3) is 0 Å². The Hall–Kier alpha value is -0.730. The Morgan fingerprint density at radius 3 is 2.83 bits per heavy atom. The standard InChI is InChI=1S/C15H22ClNO/c1-12-6-2-4-8-14(12)17-10-11-18-15-9-5-3-7-13(15)16/h3,5,7,9,12,14,17H,2,4,6,8,10-11H2,1H3. The molecule has 2 rings (SSSR count). The first-order chi connectivity index (χ1) is 8.77. The molecule has 18 heavy (non-hydrogen) atoms. The number of hydrogen-bond donors (Lipinski definition) is 1. The molecule has 0 spiro atoms. The fourth-order valence-electron chi connectivity index (χ4n) is 2.59. The van der Waals surface area contributed by atoms with Gasteiger partial charge in [-0.3, -0.25) is 0 Å². The van der Waals surface area contributed by atoms with Gasteiger partial charge in [-0.25, -0.2) is 0 Å². The highest BCUT2D eigenvalue weighted by molar-refractivity contribution is 6.32. The molecule has 1 aromatic carbocycles. The van der Waals surface area contributed by atoms with Crippen molar-refractivity contribution >= 4 is 11.6 Å². The third-order valence-corrected chi connectivity index (χ3v) is 4.03. The topological polar surface area (TPSA) is 21.3 Å². The molecule has 100 valence electrons. The lowest BCUT2D eigenvalue weighted by Crippen LogP contribution is -2.39. The van der Waals surface area contributed by atoms with E-state index in [-0.39, 0.29) is 0 Å². The maximum Gasteiger partial charge on any atom is 0.137 e. The molecule has 1 fully saturated rings. The molecule has 0 amide bonds. The van der Waals surface area contributed by atoms with E-state index < -0.39 is 0 Å². The van der Waals surface area contributed by atoms with Gasteiger partial charge in [0.2, 0.25) is 0 Å². The molecule has 2 nitrogen and oxygen atoms in total. The number of benzene rings is 1. The molecule has 0 radical (unpaired) electrons. The number of rotatable bonds is 5. The van der Waals surface area contributed by atoms with Crippen LogP contribution in [0.2, 0.25) is 5.02 Å².